The molecule has 0 aromatic carbocycles. The predicted octanol–water partition coefficient (Wildman–Crippen LogP) is 1.96. The minimum Gasteiger partial charge on any atom is -0.347 e. The van der Waals surface area contributed by atoms with E-state index in [1.165, 1.54) is 0 Å². The van der Waals surface area contributed by atoms with Crippen molar-refractivity contribution in [1.29, 1.82) is 0 Å². The van der Waals surface area contributed by atoms with Gasteiger partial charge in [-0.3, -0.25) is 9.59 Å². The molecule has 0 aliphatic rings. The molecule has 1 N–H and O–H groups in total. The summed E-state index contributed by atoms with van der Waals surface area (Å²) in [6.07, 6.45) is 0.412. The van der Waals surface area contributed by atoms with Gasteiger partial charge in [-0.25, -0.2) is 4.98 Å². The zero-order chi connectivity index (χ0) is 15.3. The van der Waals surface area contributed by atoms with Crippen molar-refractivity contribution < 1.29 is 9.59 Å². The number of carbonyl (C=O) groups excluding carboxylic acids is 2. The first kappa shape index (κ1) is 16.6. The maximum atomic E-state index is 11.9. The average Bonchev–Trinajstić information content (AvgIpc) is 2.69. The molecule has 1 aromatic rings. The third kappa shape index (κ3) is 6.14. The number of hydrogen-bond acceptors (Lipinski definition) is 4. The van der Waals surface area contributed by atoms with Crippen LogP contribution in [-0.4, -0.2) is 35.3 Å². The van der Waals surface area contributed by atoms with E-state index < -0.39 is 0 Å². The summed E-state index contributed by atoms with van der Waals surface area (Å²) >= 11 is 1.56. The van der Waals surface area contributed by atoms with E-state index in [4.69, 9.17) is 0 Å². The highest BCUT2D eigenvalue weighted by Gasteiger charge is 2.17. The van der Waals surface area contributed by atoms with Crippen molar-refractivity contribution in [3.63, 3.8) is 0 Å². The van der Waals surface area contributed by atoms with Crippen LogP contribution in [0.15, 0.2) is 5.38 Å². The fraction of sp³-hybridized carbons (Fsp3) is 0.643. The topological polar surface area (TPSA) is 62.3 Å². The Bertz CT molecular complexity index is 477. The molecule has 1 rings (SSSR count). The van der Waals surface area contributed by atoms with Crippen molar-refractivity contribution in [2.45, 2.75) is 40.7 Å². The van der Waals surface area contributed by atoms with Gasteiger partial charge in [-0.1, -0.05) is 20.8 Å². The van der Waals surface area contributed by atoms with Gasteiger partial charge in [0, 0.05) is 18.8 Å². The summed E-state index contributed by atoms with van der Waals surface area (Å²) in [5.74, 6) is -0.207. The molecule has 0 aliphatic heterocycles. The van der Waals surface area contributed by atoms with Crippen molar-refractivity contribution in [3.8, 4) is 0 Å². The second-order valence-electron chi connectivity index (χ2n) is 6.12. The van der Waals surface area contributed by atoms with Gasteiger partial charge in [-0.05, 0) is 12.3 Å². The molecule has 0 spiro atoms. The van der Waals surface area contributed by atoms with Gasteiger partial charge in [0.1, 0.15) is 0 Å². The zero-order valence-electron chi connectivity index (χ0n) is 12.8. The molecule has 6 heteroatoms. The minimum atomic E-state index is -0.113. The Morgan fingerprint density at radius 2 is 2.05 bits per heavy atom. The molecule has 1 aromatic heterocycles. The first-order valence-corrected chi connectivity index (χ1v) is 7.47. The van der Waals surface area contributed by atoms with E-state index >= 15 is 0 Å². The van der Waals surface area contributed by atoms with Crippen LogP contribution < -0.4 is 5.32 Å². The predicted molar refractivity (Wildman–Crippen MR) is 80.4 cm³/mol. The highest BCUT2D eigenvalue weighted by Crippen LogP contribution is 2.17. The molecule has 112 valence electrons. The quantitative estimate of drug-likeness (QED) is 0.903. The van der Waals surface area contributed by atoms with E-state index in [-0.39, 0.29) is 23.8 Å². The Hall–Kier alpha value is -1.43. The summed E-state index contributed by atoms with van der Waals surface area (Å²) in [6, 6.07) is 0. The fourth-order valence-corrected chi connectivity index (χ4v) is 2.27. The van der Waals surface area contributed by atoms with Gasteiger partial charge in [-0.2, -0.15) is 0 Å². The summed E-state index contributed by atoms with van der Waals surface area (Å²) in [5.41, 5.74) is 0.807. The number of nitrogens with zero attached hydrogens (tertiary/aromatic N) is 2. The number of likely N-dealkylation sites (N-methyl/N-ethyl adjacent to an activating group) is 1. The van der Waals surface area contributed by atoms with Gasteiger partial charge in [0.25, 0.3) is 0 Å². The van der Waals surface area contributed by atoms with Gasteiger partial charge in [-0.15, -0.1) is 11.3 Å². The number of aromatic nitrogens is 1. The number of carbonyl (C=O) groups is 2. The Morgan fingerprint density at radius 3 is 2.55 bits per heavy atom. The van der Waals surface area contributed by atoms with Crippen molar-refractivity contribution in [3.05, 3.63) is 16.1 Å². The summed E-state index contributed by atoms with van der Waals surface area (Å²) in [4.78, 5) is 29.5. The number of amides is 2. The molecule has 0 radical (unpaired) electrons. The monoisotopic (exact) mass is 297 g/mol. The van der Waals surface area contributed by atoms with E-state index in [2.05, 4.69) is 10.3 Å². The normalized spacial score (nSPS) is 11.2. The number of rotatable bonds is 5. The molecule has 20 heavy (non-hydrogen) atoms. The van der Waals surface area contributed by atoms with Crippen LogP contribution in [0.25, 0.3) is 0 Å². The Labute approximate surface area is 124 Å². The minimum absolute atomic E-state index is 0.0362. The molecule has 2 amide bonds. The van der Waals surface area contributed by atoms with Crippen LogP contribution in [0.5, 0.6) is 0 Å². The molecular formula is C14H23N3O2S. The highest BCUT2D eigenvalue weighted by atomic mass is 32.1. The van der Waals surface area contributed by atoms with Gasteiger partial charge >= 0.3 is 0 Å². The maximum absolute atomic E-state index is 11.9. The van der Waals surface area contributed by atoms with Gasteiger partial charge in [0.15, 0.2) is 0 Å². The molecular weight excluding hydrogens is 274 g/mol. The van der Waals surface area contributed by atoms with Crippen molar-refractivity contribution in [2.24, 2.45) is 5.41 Å². The summed E-state index contributed by atoms with van der Waals surface area (Å²) < 4.78 is 0. The van der Waals surface area contributed by atoms with Crippen molar-refractivity contribution >= 4 is 23.2 Å². The molecule has 0 saturated heterocycles. The lowest BCUT2D eigenvalue weighted by molar-refractivity contribution is -0.132. The lowest BCUT2D eigenvalue weighted by Gasteiger charge is -2.19. The van der Waals surface area contributed by atoms with Crippen LogP contribution in [0.3, 0.4) is 0 Å². The van der Waals surface area contributed by atoms with Crippen LogP contribution in [0, 0.1) is 12.3 Å². The molecule has 0 bridgehead atoms. The SMILES string of the molecule is Cc1nc(CN(C)C(=O)CNC(=O)CC(C)(C)C)cs1. The van der Waals surface area contributed by atoms with E-state index in [1.807, 2.05) is 33.1 Å². The molecule has 0 aliphatic carbocycles. The Morgan fingerprint density at radius 1 is 1.40 bits per heavy atom. The number of nitrogens with one attached hydrogen (secondary N) is 1. The van der Waals surface area contributed by atoms with Crippen molar-refractivity contribution in [2.75, 3.05) is 13.6 Å². The molecule has 0 saturated carbocycles. The Kier molecular flexibility index (Phi) is 5.68. The highest BCUT2D eigenvalue weighted by molar-refractivity contribution is 7.09. The fourth-order valence-electron chi connectivity index (χ4n) is 1.67. The van der Waals surface area contributed by atoms with E-state index in [9.17, 15) is 9.59 Å². The molecule has 0 fully saturated rings. The average molecular weight is 297 g/mol. The zero-order valence-corrected chi connectivity index (χ0v) is 13.6. The smallest absolute Gasteiger partial charge is 0.242 e. The van der Waals surface area contributed by atoms with Gasteiger partial charge < -0.3 is 10.2 Å². The Balaban J connectivity index is 2.37. The maximum Gasteiger partial charge on any atom is 0.242 e. The first-order valence-electron chi connectivity index (χ1n) is 6.59. The number of aryl methyl sites for hydroxylation is 1. The van der Waals surface area contributed by atoms with E-state index in [0.717, 1.165) is 10.7 Å². The molecule has 0 unspecified atom stereocenters. The number of thiazole rings is 1. The lowest BCUT2D eigenvalue weighted by Crippen LogP contribution is -2.38. The second-order valence-corrected chi connectivity index (χ2v) is 7.18. The van der Waals surface area contributed by atoms with Gasteiger partial charge in [0.2, 0.25) is 11.8 Å². The molecule has 5 nitrogen and oxygen atoms in total. The largest absolute Gasteiger partial charge is 0.347 e. The standard InChI is InChI=1S/C14H23N3O2S/c1-10-16-11(9-20-10)8-17(5)13(19)7-15-12(18)6-14(2,3)4/h9H,6-8H2,1-5H3,(H,15,18). The van der Waals surface area contributed by atoms with Crippen LogP contribution in [-0.2, 0) is 16.1 Å². The van der Waals surface area contributed by atoms with Crippen molar-refractivity contribution in [1.82, 2.24) is 15.2 Å². The summed E-state index contributed by atoms with van der Waals surface area (Å²) in [7, 11) is 1.72. The molecule has 0 atom stereocenters. The van der Waals surface area contributed by atoms with Crippen LogP contribution in [0.4, 0.5) is 0 Å². The third-order valence-electron chi connectivity index (χ3n) is 2.62. The summed E-state index contributed by atoms with van der Waals surface area (Å²) in [6.45, 7) is 8.41. The lowest BCUT2D eigenvalue weighted by atomic mass is 9.92. The second kappa shape index (κ2) is 6.83. The van der Waals surface area contributed by atoms with E-state index in [0.29, 0.717) is 13.0 Å². The summed E-state index contributed by atoms with van der Waals surface area (Å²) in [5, 5.41) is 5.59. The van der Waals surface area contributed by atoms with Crippen LogP contribution in [0.1, 0.15) is 37.9 Å². The number of hydrogen-bond donors (Lipinski definition) is 1. The van der Waals surface area contributed by atoms with E-state index in [1.54, 1.807) is 23.3 Å². The molecule has 1 heterocycles. The van der Waals surface area contributed by atoms with Crippen LogP contribution >= 0.6 is 11.3 Å². The van der Waals surface area contributed by atoms with Gasteiger partial charge in [0.05, 0.1) is 23.8 Å². The third-order valence-corrected chi connectivity index (χ3v) is 3.44. The first-order chi connectivity index (χ1) is 9.17. The van der Waals surface area contributed by atoms with Crippen LogP contribution in [0.2, 0.25) is 0 Å².